The van der Waals surface area contributed by atoms with Gasteiger partial charge in [0.25, 0.3) is 0 Å². The minimum absolute atomic E-state index is 0.0214. The summed E-state index contributed by atoms with van der Waals surface area (Å²) < 4.78 is 5.93. The van der Waals surface area contributed by atoms with Gasteiger partial charge in [-0.2, -0.15) is 0 Å². The van der Waals surface area contributed by atoms with Gasteiger partial charge in [0, 0.05) is 38.4 Å². The first-order valence-corrected chi connectivity index (χ1v) is 10.6. The lowest BCUT2D eigenvalue weighted by molar-refractivity contribution is 0.196. The number of hydrogen-bond acceptors (Lipinski definition) is 4. The van der Waals surface area contributed by atoms with Gasteiger partial charge in [0.2, 0.25) is 0 Å². The molecule has 6 nitrogen and oxygen atoms in total. The van der Waals surface area contributed by atoms with Crippen molar-refractivity contribution >= 4 is 5.96 Å². The smallest absolute Gasteiger partial charge is 0.191 e. The molecule has 0 radical (unpaired) electrons. The third-order valence-corrected chi connectivity index (χ3v) is 4.97. The molecular weight excluding hydrogens is 362 g/mol. The molecule has 1 aromatic heterocycles. The maximum atomic E-state index is 5.93. The van der Waals surface area contributed by atoms with Crippen LogP contribution >= 0.6 is 0 Å². The number of hydrogen-bond donors (Lipinski definition) is 2. The van der Waals surface area contributed by atoms with Crippen LogP contribution in [0.25, 0.3) is 0 Å². The van der Waals surface area contributed by atoms with E-state index in [1.54, 1.807) is 0 Å². The number of rotatable bonds is 8. The summed E-state index contributed by atoms with van der Waals surface area (Å²) in [6.45, 7) is 8.67. The monoisotopic (exact) mass is 395 g/mol. The van der Waals surface area contributed by atoms with Crippen LogP contribution in [-0.4, -0.2) is 54.2 Å². The van der Waals surface area contributed by atoms with E-state index in [1.165, 1.54) is 0 Å². The van der Waals surface area contributed by atoms with E-state index >= 15 is 0 Å². The van der Waals surface area contributed by atoms with Gasteiger partial charge < -0.3 is 15.4 Å². The highest BCUT2D eigenvalue weighted by Gasteiger charge is 2.20. The van der Waals surface area contributed by atoms with Crippen molar-refractivity contribution in [2.24, 2.45) is 4.99 Å². The van der Waals surface area contributed by atoms with Crippen LogP contribution < -0.4 is 15.4 Å². The fraction of sp³-hybridized carbons (Fsp3) is 0.478. The predicted octanol–water partition coefficient (Wildman–Crippen LogP) is 3.07. The van der Waals surface area contributed by atoms with Gasteiger partial charge in [0.1, 0.15) is 11.9 Å². The molecule has 3 rings (SSSR count). The van der Waals surface area contributed by atoms with Crippen LogP contribution in [-0.2, 0) is 6.54 Å². The number of aromatic nitrogens is 1. The Morgan fingerprint density at radius 1 is 1.17 bits per heavy atom. The number of nitrogens with zero attached hydrogens (tertiary/aromatic N) is 3. The standard InChI is InChI=1S/C23H33N5O/c1-3-24-23(26-17-19(2)29-22-10-5-4-6-11-22)27-20-12-15-28(16-13-20)18-21-9-7-8-14-25-21/h4-11,14,19-20H,3,12-13,15-18H2,1-2H3,(H2,24,26,27). The zero-order valence-corrected chi connectivity index (χ0v) is 17.6. The summed E-state index contributed by atoms with van der Waals surface area (Å²) in [4.78, 5) is 11.6. The van der Waals surface area contributed by atoms with Crippen molar-refractivity contribution in [2.75, 3.05) is 26.2 Å². The van der Waals surface area contributed by atoms with Crippen molar-refractivity contribution in [1.29, 1.82) is 0 Å². The van der Waals surface area contributed by atoms with Crippen LogP contribution in [0, 0.1) is 0 Å². The lowest BCUT2D eigenvalue weighted by Crippen LogP contribution is -2.48. The van der Waals surface area contributed by atoms with Crippen LogP contribution in [0.1, 0.15) is 32.4 Å². The molecule has 0 aliphatic carbocycles. The van der Waals surface area contributed by atoms with E-state index in [1.807, 2.05) is 42.6 Å². The Balaban J connectivity index is 1.44. The molecule has 1 fully saturated rings. The quantitative estimate of drug-likeness (QED) is 0.531. The molecule has 0 spiro atoms. The van der Waals surface area contributed by atoms with Gasteiger partial charge in [-0.3, -0.25) is 9.88 Å². The third-order valence-electron chi connectivity index (χ3n) is 4.97. The number of pyridine rings is 1. The number of nitrogens with one attached hydrogen (secondary N) is 2. The number of para-hydroxylation sites is 1. The van der Waals surface area contributed by atoms with Gasteiger partial charge in [0.05, 0.1) is 12.2 Å². The number of benzene rings is 1. The second kappa shape index (κ2) is 11.4. The highest BCUT2D eigenvalue weighted by Crippen LogP contribution is 2.13. The van der Waals surface area contributed by atoms with Crippen molar-refractivity contribution < 1.29 is 4.74 Å². The first-order valence-electron chi connectivity index (χ1n) is 10.6. The molecular formula is C23H33N5O. The highest BCUT2D eigenvalue weighted by molar-refractivity contribution is 5.80. The molecule has 2 heterocycles. The minimum Gasteiger partial charge on any atom is -0.489 e. The maximum absolute atomic E-state index is 5.93. The lowest BCUT2D eigenvalue weighted by Gasteiger charge is -2.33. The fourth-order valence-electron chi connectivity index (χ4n) is 3.46. The number of piperidine rings is 1. The molecule has 1 unspecified atom stereocenters. The van der Waals surface area contributed by atoms with E-state index < -0.39 is 0 Å². The normalized spacial score (nSPS) is 17.0. The SMILES string of the molecule is CCNC(=NCC(C)Oc1ccccc1)NC1CCN(Cc2ccccn2)CC1. The van der Waals surface area contributed by atoms with Gasteiger partial charge in [-0.05, 0) is 51.0 Å². The third kappa shape index (κ3) is 7.38. The number of guanidine groups is 1. The summed E-state index contributed by atoms with van der Waals surface area (Å²) in [6.07, 6.45) is 4.10. The van der Waals surface area contributed by atoms with Crippen molar-refractivity contribution in [3.8, 4) is 5.75 Å². The molecule has 29 heavy (non-hydrogen) atoms. The Bertz CT molecular complexity index is 729. The Kier molecular flexibility index (Phi) is 8.31. The summed E-state index contributed by atoms with van der Waals surface area (Å²) in [5.41, 5.74) is 1.14. The molecule has 156 valence electrons. The van der Waals surface area contributed by atoms with Crippen molar-refractivity contribution in [2.45, 2.75) is 45.4 Å². The lowest BCUT2D eigenvalue weighted by atomic mass is 10.0. The average molecular weight is 396 g/mol. The largest absolute Gasteiger partial charge is 0.489 e. The number of ether oxygens (including phenoxy) is 1. The fourth-order valence-corrected chi connectivity index (χ4v) is 3.46. The summed E-state index contributed by atoms with van der Waals surface area (Å²) in [5, 5.41) is 6.96. The average Bonchev–Trinajstić information content (AvgIpc) is 2.75. The molecule has 6 heteroatoms. The molecule has 0 amide bonds. The van der Waals surface area contributed by atoms with Gasteiger partial charge in [-0.1, -0.05) is 24.3 Å². The van der Waals surface area contributed by atoms with Crippen LogP contribution in [0.3, 0.4) is 0 Å². The van der Waals surface area contributed by atoms with E-state index in [-0.39, 0.29) is 6.10 Å². The van der Waals surface area contributed by atoms with Crippen molar-refractivity contribution in [3.05, 3.63) is 60.4 Å². The molecule has 1 aromatic carbocycles. The summed E-state index contributed by atoms with van der Waals surface area (Å²) in [7, 11) is 0. The summed E-state index contributed by atoms with van der Waals surface area (Å²) in [6, 6.07) is 16.5. The minimum atomic E-state index is 0.0214. The second-order valence-electron chi connectivity index (χ2n) is 7.48. The first-order chi connectivity index (χ1) is 14.2. The molecule has 1 saturated heterocycles. The predicted molar refractivity (Wildman–Crippen MR) is 118 cm³/mol. The topological polar surface area (TPSA) is 61.8 Å². The van der Waals surface area contributed by atoms with Crippen LogP contribution in [0.5, 0.6) is 5.75 Å². The highest BCUT2D eigenvalue weighted by atomic mass is 16.5. The molecule has 0 bridgehead atoms. The summed E-state index contributed by atoms with van der Waals surface area (Å²) in [5.74, 6) is 1.76. The van der Waals surface area contributed by atoms with Crippen LogP contribution in [0.4, 0.5) is 0 Å². The molecule has 1 aliphatic heterocycles. The second-order valence-corrected chi connectivity index (χ2v) is 7.48. The number of likely N-dealkylation sites (tertiary alicyclic amines) is 1. The van der Waals surface area contributed by atoms with Gasteiger partial charge >= 0.3 is 0 Å². The van der Waals surface area contributed by atoms with Crippen molar-refractivity contribution in [1.82, 2.24) is 20.5 Å². The van der Waals surface area contributed by atoms with Gasteiger partial charge in [-0.25, -0.2) is 4.99 Å². The molecule has 2 N–H and O–H groups in total. The van der Waals surface area contributed by atoms with Gasteiger partial charge in [-0.15, -0.1) is 0 Å². The van der Waals surface area contributed by atoms with Gasteiger partial charge in [0.15, 0.2) is 5.96 Å². The Morgan fingerprint density at radius 3 is 2.62 bits per heavy atom. The van der Waals surface area contributed by atoms with Crippen molar-refractivity contribution in [3.63, 3.8) is 0 Å². The van der Waals surface area contributed by atoms with E-state index in [9.17, 15) is 0 Å². The number of aliphatic imine (C=N–C) groups is 1. The van der Waals surface area contributed by atoms with E-state index in [0.717, 1.165) is 56.4 Å². The zero-order chi connectivity index (χ0) is 20.3. The molecule has 1 atom stereocenters. The Morgan fingerprint density at radius 2 is 1.93 bits per heavy atom. The van der Waals surface area contributed by atoms with E-state index in [2.05, 4.69) is 46.5 Å². The Labute approximate surface area is 174 Å². The maximum Gasteiger partial charge on any atom is 0.191 e. The molecule has 2 aromatic rings. The zero-order valence-electron chi connectivity index (χ0n) is 17.6. The van der Waals surface area contributed by atoms with E-state index in [4.69, 9.17) is 9.73 Å². The van der Waals surface area contributed by atoms with Crippen LogP contribution in [0.2, 0.25) is 0 Å². The Hall–Kier alpha value is -2.60. The summed E-state index contributed by atoms with van der Waals surface area (Å²) >= 11 is 0. The van der Waals surface area contributed by atoms with Crippen LogP contribution in [0.15, 0.2) is 59.7 Å². The molecule has 0 saturated carbocycles. The first kappa shape index (κ1) is 21.1. The van der Waals surface area contributed by atoms with E-state index in [0.29, 0.717) is 12.6 Å². The molecule has 1 aliphatic rings.